The lowest BCUT2D eigenvalue weighted by atomic mass is 10.1. The Morgan fingerprint density at radius 1 is 1.00 bits per heavy atom. The normalized spacial score (nSPS) is 14.3. The predicted molar refractivity (Wildman–Crippen MR) is 165 cm³/mol. The minimum atomic E-state index is -4.19. The van der Waals surface area contributed by atoms with Crippen LogP contribution in [0.2, 0.25) is 5.02 Å². The van der Waals surface area contributed by atoms with E-state index in [0.29, 0.717) is 23.6 Å². The van der Waals surface area contributed by atoms with Crippen molar-refractivity contribution >= 4 is 39.1 Å². The molecule has 1 aliphatic rings. The van der Waals surface area contributed by atoms with Gasteiger partial charge in [0.2, 0.25) is 11.8 Å². The third kappa shape index (κ3) is 7.83. The summed E-state index contributed by atoms with van der Waals surface area (Å²) in [7, 11) is -2.69. The van der Waals surface area contributed by atoms with Crippen molar-refractivity contribution in [3.05, 3.63) is 89.4 Å². The number of halogens is 1. The largest absolute Gasteiger partial charge is 0.497 e. The maximum absolute atomic E-state index is 14.1. The fraction of sp³-hybridized carbons (Fsp3) is 0.375. The lowest BCUT2D eigenvalue weighted by molar-refractivity contribution is -0.139. The quantitative estimate of drug-likeness (QED) is 0.277. The number of amides is 2. The molecule has 0 heterocycles. The number of hydrogen-bond acceptors (Lipinski definition) is 5. The molecule has 1 fully saturated rings. The van der Waals surface area contributed by atoms with E-state index in [0.717, 1.165) is 35.6 Å². The van der Waals surface area contributed by atoms with Gasteiger partial charge in [-0.25, -0.2) is 8.42 Å². The molecule has 0 bridgehead atoms. The summed E-state index contributed by atoms with van der Waals surface area (Å²) in [5.74, 6) is -0.181. The summed E-state index contributed by atoms with van der Waals surface area (Å²) in [4.78, 5) is 29.2. The number of rotatable bonds is 13. The van der Waals surface area contributed by atoms with Crippen molar-refractivity contribution in [2.24, 2.45) is 0 Å². The zero-order chi connectivity index (χ0) is 30.1. The van der Waals surface area contributed by atoms with Crippen molar-refractivity contribution < 1.29 is 22.7 Å². The van der Waals surface area contributed by atoms with Gasteiger partial charge in [0, 0.05) is 17.6 Å². The van der Waals surface area contributed by atoms with Gasteiger partial charge in [-0.1, -0.05) is 67.8 Å². The van der Waals surface area contributed by atoms with Crippen molar-refractivity contribution in [2.45, 2.75) is 62.4 Å². The molecule has 1 N–H and O–H groups in total. The zero-order valence-electron chi connectivity index (χ0n) is 24.0. The Balaban J connectivity index is 1.67. The highest BCUT2D eigenvalue weighted by Crippen LogP contribution is 2.28. The van der Waals surface area contributed by atoms with Crippen molar-refractivity contribution in [3.8, 4) is 5.75 Å². The van der Waals surface area contributed by atoms with E-state index in [1.165, 1.54) is 30.2 Å². The molecule has 0 aliphatic heterocycles. The van der Waals surface area contributed by atoms with Crippen LogP contribution >= 0.6 is 11.6 Å². The molecule has 224 valence electrons. The molecule has 0 radical (unpaired) electrons. The van der Waals surface area contributed by atoms with Crippen molar-refractivity contribution in [3.63, 3.8) is 0 Å². The first-order chi connectivity index (χ1) is 20.2. The van der Waals surface area contributed by atoms with Crippen LogP contribution in [0, 0.1) is 0 Å². The molecule has 1 aliphatic carbocycles. The third-order valence-electron chi connectivity index (χ3n) is 7.59. The highest BCUT2D eigenvalue weighted by molar-refractivity contribution is 7.92. The summed E-state index contributed by atoms with van der Waals surface area (Å²) in [6, 6.07) is 21.4. The Labute approximate surface area is 253 Å². The van der Waals surface area contributed by atoms with E-state index in [4.69, 9.17) is 16.3 Å². The van der Waals surface area contributed by atoms with Crippen molar-refractivity contribution in [1.29, 1.82) is 0 Å². The van der Waals surface area contributed by atoms with E-state index in [1.807, 2.05) is 37.3 Å². The van der Waals surface area contributed by atoms with Gasteiger partial charge in [-0.3, -0.25) is 13.9 Å². The third-order valence-corrected chi connectivity index (χ3v) is 9.62. The number of benzene rings is 3. The summed E-state index contributed by atoms with van der Waals surface area (Å²) < 4.78 is 34.2. The van der Waals surface area contributed by atoms with E-state index >= 15 is 0 Å². The standard InChI is InChI=1S/C32H38ClN3O5S/c1-3-30(32(38)34-26-13-7-8-14-26)35(21-20-24-10-5-4-6-11-24)31(37)23-36(27-15-9-12-25(33)22-27)42(39,40)29-18-16-28(41-2)17-19-29/h4-6,9-12,15-19,22,26,30H,3,7-8,13-14,20-21,23H2,1-2H3,(H,34,38)/t30-/m1/s1. The van der Waals surface area contributed by atoms with Crippen molar-refractivity contribution in [2.75, 3.05) is 24.5 Å². The van der Waals surface area contributed by atoms with Crippen LogP contribution < -0.4 is 14.4 Å². The Morgan fingerprint density at radius 3 is 2.31 bits per heavy atom. The monoisotopic (exact) mass is 611 g/mol. The number of nitrogens with zero attached hydrogens (tertiary/aromatic N) is 2. The first-order valence-corrected chi connectivity index (χ1v) is 16.1. The van der Waals surface area contributed by atoms with E-state index in [2.05, 4.69) is 5.32 Å². The average Bonchev–Trinajstić information content (AvgIpc) is 3.51. The number of carbonyl (C=O) groups is 2. The van der Waals surface area contributed by atoms with Crippen LogP contribution in [-0.4, -0.2) is 57.4 Å². The average molecular weight is 612 g/mol. The Bertz CT molecular complexity index is 1440. The molecule has 4 rings (SSSR count). The second kappa shape index (κ2) is 14.6. The van der Waals surface area contributed by atoms with Crippen LogP contribution in [0.15, 0.2) is 83.8 Å². The van der Waals surface area contributed by atoms with Gasteiger partial charge in [-0.2, -0.15) is 0 Å². The molecule has 1 atom stereocenters. The number of ether oxygens (including phenoxy) is 1. The van der Waals surface area contributed by atoms with Gasteiger partial charge in [-0.15, -0.1) is 0 Å². The van der Waals surface area contributed by atoms with Gasteiger partial charge in [-0.05, 0) is 73.7 Å². The lowest BCUT2D eigenvalue weighted by Gasteiger charge is -2.33. The van der Waals surface area contributed by atoms with Crippen LogP contribution in [0.5, 0.6) is 5.75 Å². The summed E-state index contributed by atoms with van der Waals surface area (Å²) >= 11 is 6.25. The summed E-state index contributed by atoms with van der Waals surface area (Å²) in [6.45, 7) is 1.62. The van der Waals surface area contributed by atoms with Crippen LogP contribution in [0.3, 0.4) is 0 Å². The number of anilines is 1. The Morgan fingerprint density at radius 2 is 1.69 bits per heavy atom. The second-order valence-corrected chi connectivity index (χ2v) is 12.7. The van der Waals surface area contributed by atoms with Gasteiger partial charge >= 0.3 is 0 Å². The van der Waals surface area contributed by atoms with Crippen LogP contribution in [-0.2, 0) is 26.0 Å². The van der Waals surface area contributed by atoms with Gasteiger partial charge in [0.05, 0.1) is 17.7 Å². The Kier molecular flexibility index (Phi) is 10.9. The number of carbonyl (C=O) groups excluding carboxylic acids is 2. The number of methoxy groups -OCH3 is 1. The molecular formula is C32H38ClN3O5S. The van der Waals surface area contributed by atoms with Crippen LogP contribution in [0.4, 0.5) is 5.69 Å². The van der Waals surface area contributed by atoms with E-state index in [1.54, 1.807) is 30.3 Å². The maximum Gasteiger partial charge on any atom is 0.264 e. The highest BCUT2D eigenvalue weighted by atomic mass is 35.5. The predicted octanol–water partition coefficient (Wildman–Crippen LogP) is 5.45. The van der Waals surface area contributed by atoms with Gasteiger partial charge < -0.3 is 15.0 Å². The summed E-state index contributed by atoms with van der Waals surface area (Å²) in [5, 5.41) is 3.46. The SMILES string of the molecule is CC[C@H](C(=O)NC1CCCC1)N(CCc1ccccc1)C(=O)CN(c1cccc(Cl)c1)S(=O)(=O)c1ccc(OC)cc1. The molecule has 3 aromatic rings. The minimum Gasteiger partial charge on any atom is -0.497 e. The van der Waals surface area contributed by atoms with Gasteiger partial charge in [0.15, 0.2) is 0 Å². The summed E-state index contributed by atoms with van der Waals surface area (Å²) in [5.41, 5.74) is 1.26. The zero-order valence-corrected chi connectivity index (χ0v) is 25.6. The first-order valence-electron chi connectivity index (χ1n) is 14.3. The molecule has 1 saturated carbocycles. The Hall–Kier alpha value is -3.56. The van der Waals surface area contributed by atoms with E-state index in [9.17, 15) is 18.0 Å². The van der Waals surface area contributed by atoms with Crippen LogP contribution in [0.1, 0.15) is 44.6 Å². The van der Waals surface area contributed by atoms with Gasteiger partial charge in [0.25, 0.3) is 10.0 Å². The number of hydrogen-bond donors (Lipinski definition) is 1. The minimum absolute atomic E-state index is 0.00192. The molecule has 10 heteroatoms. The molecule has 3 aromatic carbocycles. The van der Waals surface area contributed by atoms with Gasteiger partial charge in [0.1, 0.15) is 18.3 Å². The maximum atomic E-state index is 14.1. The van der Waals surface area contributed by atoms with Crippen LogP contribution in [0.25, 0.3) is 0 Å². The topological polar surface area (TPSA) is 96.0 Å². The molecule has 0 spiro atoms. The second-order valence-electron chi connectivity index (χ2n) is 10.4. The molecule has 0 saturated heterocycles. The lowest BCUT2D eigenvalue weighted by Crippen LogP contribution is -2.54. The highest BCUT2D eigenvalue weighted by Gasteiger charge is 2.34. The molecule has 0 unspecified atom stereocenters. The molecule has 0 aromatic heterocycles. The van der Waals surface area contributed by atoms with E-state index in [-0.39, 0.29) is 29.1 Å². The molecule has 8 nitrogen and oxygen atoms in total. The fourth-order valence-corrected chi connectivity index (χ4v) is 6.89. The molecule has 2 amide bonds. The molecular weight excluding hydrogens is 574 g/mol. The van der Waals surface area contributed by atoms with Crippen molar-refractivity contribution in [1.82, 2.24) is 10.2 Å². The summed E-state index contributed by atoms with van der Waals surface area (Å²) in [6.07, 6.45) is 4.88. The smallest absolute Gasteiger partial charge is 0.264 e. The molecule has 42 heavy (non-hydrogen) atoms. The van der Waals surface area contributed by atoms with E-state index < -0.39 is 28.5 Å². The first kappa shape index (κ1) is 31.4. The number of sulfonamides is 1. The number of nitrogens with one attached hydrogen (secondary N) is 1. The fourth-order valence-electron chi connectivity index (χ4n) is 5.30.